The summed E-state index contributed by atoms with van der Waals surface area (Å²) in [5, 5.41) is 10.4. The second-order valence-electron chi connectivity index (χ2n) is 7.74. The first-order valence-electron chi connectivity index (χ1n) is 9.48. The largest absolute Gasteiger partial charge is 0.497 e. The van der Waals surface area contributed by atoms with Gasteiger partial charge in [-0.1, -0.05) is 26.3 Å². The number of aliphatic hydroxyl groups excluding tert-OH is 1. The molecular formula is C21H32O2. The topological polar surface area (TPSA) is 29.5 Å². The molecule has 0 amide bonds. The zero-order valence-electron chi connectivity index (χ0n) is 14.9. The Kier molecular flexibility index (Phi) is 5.31. The molecule has 0 heterocycles. The van der Waals surface area contributed by atoms with Crippen LogP contribution >= 0.6 is 0 Å². The highest BCUT2D eigenvalue weighted by molar-refractivity contribution is 5.40. The molecule has 5 atom stereocenters. The number of methoxy groups -OCH3 is 1. The molecule has 0 spiro atoms. The first-order chi connectivity index (χ1) is 11.1. The number of fused-ring (bicyclic) bond motifs is 3. The molecule has 0 aliphatic heterocycles. The molecule has 3 rings (SSSR count). The van der Waals surface area contributed by atoms with Crippen molar-refractivity contribution in [3.8, 4) is 5.75 Å². The second kappa shape index (κ2) is 7.25. The summed E-state index contributed by atoms with van der Waals surface area (Å²) in [6, 6.07) is 6.70. The Morgan fingerprint density at radius 3 is 2.70 bits per heavy atom. The second-order valence-corrected chi connectivity index (χ2v) is 7.74. The van der Waals surface area contributed by atoms with Crippen LogP contribution in [0, 0.1) is 17.8 Å². The van der Waals surface area contributed by atoms with Crippen LogP contribution in [0.2, 0.25) is 0 Å². The lowest BCUT2D eigenvalue weighted by Gasteiger charge is -2.38. The molecule has 128 valence electrons. The van der Waals surface area contributed by atoms with E-state index >= 15 is 0 Å². The molecule has 0 aromatic heterocycles. The predicted octanol–water partition coefficient (Wildman–Crippen LogP) is 4.94. The number of aryl methyl sites for hydroxylation is 1. The van der Waals surface area contributed by atoms with E-state index in [0.717, 1.165) is 30.4 Å². The number of benzene rings is 1. The summed E-state index contributed by atoms with van der Waals surface area (Å²) in [4.78, 5) is 0. The van der Waals surface area contributed by atoms with Gasteiger partial charge in [-0.2, -0.15) is 0 Å². The molecule has 1 saturated carbocycles. The van der Waals surface area contributed by atoms with E-state index in [0.29, 0.717) is 11.8 Å². The van der Waals surface area contributed by atoms with Crippen LogP contribution in [-0.4, -0.2) is 18.3 Å². The van der Waals surface area contributed by atoms with Gasteiger partial charge in [-0.15, -0.1) is 0 Å². The fourth-order valence-corrected chi connectivity index (χ4v) is 5.00. The molecule has 2 aliphatic carbocycles. The van der Waals surface area contributed by atoms with E-state index in [-0.39, 0.29) is 6.10 Å². The molecule has 4 unspecified atom stereocenters. The van der Waals surface area contributed by atoms with E-state index in [1.165, 1.54) is 37.7 Å². The van der Waals surface area contributed by atoms with Crippen molar-refractivity contribution in [3.05, 3.63) is 29.3 Å². The molecule has 1 aromatic carbocycles. The third-order valence-corrected chi connectivity index (χ3v) is 6.57. The standard InChI is InChI=1S/C21H32O2/c1-4-15-7-12-21(22)14(2)5-9-20-18(15)10-6-16-13-17(23-3)8-11-19(16)20/h8,11,13-15,18,20-22H,4-7,9-10,12H2,1-3H3/t14?,15?,18?,20?,21-/m1/s1. The minimum absolute atomic E-state index is 0.112. The van der Waals surface area contributed by atoms with Crippen molar-refractivity contribution in [2.45, 2.75) is 70.8 Å². The monoisotopic (exact) mass is 316 g/mol. The molecule has 0 bridgehead atoms. The molecule has 0 radical (unpaired) electrons. The number of aliphatic hydroxyl groups is 1. The minimum Gasteiger partial charge on any atom is -0.497 e. The molecule has 1 fully saturated rings. The molecule has 0 saturated heterocycles. The van der Waals surface area contributed by atoms with Crippen molar-refractivity contribution in [2.24, 2.45) is 17.8 Å². The van der Waals surface area contributed by atoms with Crippen molar-refractivity contribution in [1.29, 1.82) is 0 Å². The van der Waals surface area contributed by atoms with E-state index < -0.39 is 0 Å². The summed E-state index contributed by atoms with van der Waals surface area (Å²) in [5.74, 6) is 3.63. The van der Waals surface area contributed by atoms with Crippen LogP contribution < -0.4 is 4.74 Å². The first-order valence-corrected chi connectivity index (χ1v) is 9.48. The van der Waals surface area contributed by atoms with E-state index in [1.807, 2.05) is 0 Å². The van der Waals surface area contributed by atoms with Gasteiger partial charge < -0.3 is 9.84 Å². The van der Waals surface area contributed by atoms with Crippen molar-refractivity contribution in [3.63, 3.8) is 0 Å². The smallest absolute Gasteiger partial charge is 0.119 e. The summed E-state index contributed by atoms with van der Waals surface area (Å²) < 4.78 is 5.42. The number of ether oxygens (including phenoxy) is 1. The molecule has 23 heavy (non-hydrogen) atoms. The fraction of sp³-hybridized carbons (Fsp3) is 0.714. The van der Waals surface area contributed by atoms with E-state index in [4.69, 9.17) is 4.74 Å². The van der Waals surface area contributed by atoms with Crippen LogP contribution in [0.3, 0.4) is 0 Å². The lowest BCUT2D eigenvalue weighted by atomic mass is 9.66. The maximum absolute atomic E-state index is 10.4. The number of rotatable bonds is 2. The van der Waals surface area contributed by atoms with E-state index in [9.17, 15) is 5.11 Å². The molecule has 2 heteroatoms. The molecule has 2 aliphatic rings. The van der Waals surface area contributed by atoms with Gasteiger partial charge in [-0.25, -0.2) is 0 Å². The van der Waals surface area contributed by atoms with Crippen molar-refractivity contribution in [2.75, 3.05) is 7.11 Å². The van der Waals surface area contributed by atoms with Gasteiger partial charge >= 0.3 is 0 Å². The maximum atomic E-state index is 10.4. The number of hydrogen-bond donors (Lipinski definition) is 1. The Bertz CT molecular complexity index is 525. The zero-order valence-corrected chi connectivity index (χ0v) is 14.9. The molecule has 1 aromatic rings. The van der Waals surface area contributed by atoms with Gasteiger partial charge in [0, 0.05) is 0 Å². The van der Waals surface area contributed by atoms with Crippen LogP contribution in [0.4, 0.5) is 0 Å². The summed E-state index contributed by atoms with van der Waals surface area (Å²) >= 11 is 0. The lowest BCUT2D eigenvalue weighted by molar-refractivity contribution is 0.0966. The summed E-state index contributed by atoms with van der Waals surface area (Å²) in [7, 11) is 1.75. The Balaban J connectivity index is 1.92. The highest BCUT2D eigenvalue weighted by atomic mass is 16.5. The lowest BCUT2D eigenvalue weighted by Crippen LogP contribution is -2.27. The number of hydrogen-bond acceptors (Lipinski definition) is 2. The van der Waals surface area contributed by atoms with E-state index in [2.05, 4.69) is 32.0 Å². The van der Waals surface area contributed by atoms with Gasteiger partial charge in [0.15, 0.2) is 0 Å². The van der Waals surface area contributed by atoms with Gasteiger partial charge in [0.05, 0.1) is 13.2 Å². The van der Waals surface area contributed by atoms with E-state index in [1.54, 1.807) is 12.7 Å². The minimum atomic E-state index is -0.112. The van der Waals surface area contributed by atoms with Crippen molar-refractivity contribution < 1.29 is 9.84 Å². The SMILES string of the molecule is CCC1CC[C@@H](O)C(C)CCC2c3ccc(OC)cc3CCC12. The fourth-order valence-electron chi connectivity index (χ4n) is 5.00. The predicted molar refractivity (Wildman–Crippen MR) is 95.0 cm³/mol. The molecular weight excluding hydrogens is 284 g/mol. The Labute approximate surface area is 141 Å². The van der Waals surface area contributed by atoms with Gasteiger partial charge in [0.1, 0.15) is 5.75 Å². The van der Waals surface area contributed by atoms with Crippen LogP contribution in [-0.2, 0) is 6.42 Å². The maximum Gasteiger partial charge on any atom is 0.119 e. The Hall–Kier alpha value is -1.02. The van der Waals surface area contributed by atoms with Gasteiger partial charge in [-0.05, 0) is 85.5 Å². The third-order valence-electron chi connectivity index (χ3n) is 6.57. The highest BCUT2D eigenvalue weighted by Gasteiger charge is 2.36. The van der Waals surface area contributed by atoms with Gasteiger partial charge in [0.25, 0.3) is 0 Å². The van der Waals surface area contributed by atoms with Crippen LogP contribution in [0.15, 0.2) is 18.2 Å². The Morgan fingerprint density at radius 2 is 1.96 bits per heavy atom. The molecule has 1 N–H and O–H groups in total. The third kappa shape index (κ3) is 3.42. The average molecular weight is 316 g/mol. The Morgan fingerprint density at radius 1 is 1.13 bits per heavy atom. The summed E-state index contributed by atoms with van der Waals surface area (Å²) in [5.41, 5.74) is 3.05. The van der Waals surface area contributed by atoms with Gasteiger partial charge in [-0.3, -0.25) is 0 Å². The average Bonchev–Trinajstić information content (AvgIpc) is 2.64. The zero-order chi connectivity index (χ0) is 16.4. The van der Waals surface area contributed by atoms with Crippen molar-refractivity contribution >= 4 is 0 Å². The highest BCUT2D eigenvalue weighted by Crippen LogP contribution is 2.47. The van der Waals surface area contributed by atoms with Crippen LogP contribution in [0.1, 0.15) is 69.4 Å². The summed E-state index contributed by atoms with van der Waals surface area (Å²) in [6.45, 7) is 4.56. The van der Waals surface area contributed by atoms with Crippen LogP contribution in [0.25, 0.3) is 0 Å². The molecule has 2 nitrogen and oxygen atoms in total. The normalized spacial score (nSPS) is 34.5. The first kappa shape index (κ1) is 16.8. The van der Waals surface area contributed by atoms with Crippen LogP contribution in [0.5, 0.6) is 5.75 Å². The summed E-state index contributed by atoms with van der Waals surface area (Å²) in [6.07, 6.45) is 8.15. The van der Waals surface area contributed by atoms with Gasteiger partial charge in [0.2, 0.25) is 0 Å². The quantitative estimate of drug-likeness (QED) is 0.837. The van der Waals surface area contributed by atoms with Crippen molar-refractivity contribution in [1.82, 2.24) is 0 Å².